The van der Waals surface area contributed by atoms with Crippen LogP contribution in [0.1, 0.15) is 43.4 Å². The summed E-state index contributed by atoms with van der Waals surface area (Å²) in [7, 11) is 0. The van der Waals surface area contributed by atoms with Gasteiger partial charge < -0.3 is 19.8 Å². The third kappa shape index (κ3) is 6.33. The number of anilines is 1. The van der Waals surface area contributed by atoms with E-state index in [4.69, 9.17) is 20.8 Å². The Kier molecular flexibility index (Phi) is 7.43. The maximum Gasteiger partial charge on any atom is 0.407 e. The number of furan rings is 1. The molecule has 0 fully saturated rings. The van der Waals surface area contributed by atoms with E-state index in [0.29, 0.717) is 35.0 Å². The van der Waals surface area contributed by atoms with Crippen LogP contribution in [0.5, 0.6) is 0 Å². The van der Waals surface area contributed by atoms with Crippen LogP contribution in [0.15, 0.2) is 28.0 Å². The van der Waals surface area contributed by atoms with Gasteiger partial charge in [-0.3, -0.25) is 4.39 Å². The van der Waals surface area contributed by atoms with Crippen molar-refractivity contribution in [2.24, 2.45) is 0 Å². The fourth-order valence-electron chi connectivity index (χ4n) is 3.17. The first-order valence-electron chi connectivity index (χ1n) is 10.1. The van der Waals surface area contributed by atoms with Gasteiger partial charge in [0.05, 0.1) is 12.4 Å². The second-order valence-corrected chi connectivity index (χ2v) is 9.70. The van der Waals surface area contributed by atoms with Crippen molar-refractivity contribution in [3.63, 3.8) is 0 Å². The van der Waals surface area contributed by atoms with Gasteiger partial charge in [-0.05, 0) is 45.6 Å². The van der Waals surface area contributed by atoms with Gasteiger partial charge >= 0.3 is 6.09 Å². The number of halogens is 2. The third-order valence-electron chi connectivity index (χ3n) is 4.58. The van der Waals surface area contributed by atoms with Gasteiger partial charge in [-0.2, -0.15) is 0 Å². The molecule has 1 amide bonds. The van der Waals surface area contributed by atoms with Gasteiger partial charge in [0.1, 0.15) is 22.0 Å². The monoisotopic (exact) mass is 467 g/mol. The van der Waals surface area contributed by atoms with E-state index in [1.165, 1.54) is 4.88 Å². The predicted octanol–water partition coefficient (Wildman–Crippen LogP) is 6.26. The van der Waals surface area contributed by atoms with E-state index >= 15 is 0 Å². The summed E-state index contributed by atoms with van der Waals surface area (Å²) >= 11 is 7.89. The van der Waals surface area contributed by atoms with Crippen molar-refractivity contribution in [3.05, 3.63) is 44.9 Å². The highest BCUT2D eigenvalue weighted by atomic mass is 35.5. The minimum absolute atomic E-state index is 0.146. The van der Waals surface area contributed by atoms with E-state index in [9.17, 15) is 9.18 Å². The fourth-order valence-corrected chi connectivity index (χ4v) is 4.01. The van der Waals surface area contributed by atoms with Crippen molar-refractivity contribution >= 4 is 45.8 Å². The molecule has 0 bridgehead atoms. The molecule has 3 aromatic rings. The van der Waals surface area contributed by atoms with Crippen LogP contribution in [-0.2, 0) is 17.7 Å². The molecule has 0 radical (unpaired) electrons. The minimum atomic E-state index is -0.635. The zero-order chi connectivity index (χ0) is 22.6. The quantitative estimate of drug-likeness (QED) is 0.382. The highest BCUT2D eigenvalue weighted by Gasteiger charge is 2.23. The zero-order valence-corrected chi connectivity index (χ0v) is 19.6. The zero-order valence-electron chi connectivity index (χ0n) is 18.1. The van der Waals surface area contributed by atoms with Gasteiger partial charge in [0.2, 0.25) is 0 Å². The number of carbonyl (C=O) groups excluding carboxylic acids is 1. The van der Waals surface area contributed by atoms with Crippen LogP contribution in [0, 0.1) is 6.92 Å². The lowest BCUT2D eigenvalue weighted by molar-refractivity contribution is 0.0499. The topological polar surface area (TPSA) is 76.4 Å². The SMILES string of the molecule is Cc1c(CC(CCF)NC(=O)OC(C)(C)C)oc2c(NCc3cccs3)cc(Cl)nc12. The average Bonchev–Trinajstić information content (AvgIpc) is 3.28. The van der Waals surface area contributed by atoms with Crippen molar-refractivity contribution in [1.82, 2.24) is 10.3 Å². The lowest BCUT2D eigenvalue weighted by atomic mass is 10.1. The van der Waals surface area contributed by atoms with Crippen molar-refractivity contribution in [3.8, 4) is 0 Å². The van der Waals surface area contributed by atoms with Crippen LogP contribution >= 0.6 is 22.9 Å². The second-order valence-electron chi connectivity index (χ2n) is 8.28. The Bertz CT molecular complexity index is 1030. The van der Waals surface area contributed by atoms with Crippen LogP contribution < -0.4 is 10.6 Å². The number of rotatable bonds is 8. The Hall–Kier alpha value is -2.32. The van der Waals surface area contributed by atoms with Crippen LogP contribution in [0.25, 0.3) is 11.1 Å². The number of carbonyl (C=O) groups is 1. The van der Waals surface area contributed by atoms with Crippen LogP contribution in [0.4, 0.5) is 14.9 Å². The van der Waals surface area contributed by atoms with Crippen LogP contribution in [0.2, 0.25) is 5.15 Å². The number of pyridine rings is 1. The third-order valence-corrected chi connectivity index (χ3v) is 5.65. The van der Waals surface area contributed by atoms with Gasteiger partial charge in [-0.15, -0.1) is 11.3 Å². The molecule has 3 aromatic heterocycles. The summed E-state index contributed by atoms with van der Waals surface area (Å²) in [5.74, 6) is 0.624. The molecule has 31 heavy (non-hydrogen) atoms. The average molecular weight is 468 g/mol. The number of aromatic nitrogens is 1. The first kappa shape index (κ1) is 23.3. The number of nitrogens with one attached hydrogen (secondary N) is 2. The summed E-state index contributed by atoms with van der Waals surface area (Å²) in [6.07, 6.45) is -0.125. The van der Waals surface area contributed by atoms with E-state index < -0.39 is 24.4 Å². The maximum atomic E-state index is 13.1. The number of nitrogens with zero attached hydrogens (tertiary/aromatic N) is 1. The van der Waals surface area contributed by atoms with Crippen molar-refractivity contribution in [1.29, 1.82) is 0 Å². The van der Waals surface area contributed by atoms with Gasteiger partial charge in [0, 0.05) is 35.5 Å². The maximum absolute atomic E-state index is 13.1. The number of ether oxygens (including phenoxy) is 1. The predicted molar refractivity (Wildman–Crippen MR) is 123 cm³/mol. The molecule has 1 unspecified atom stereocenters. The van der Waals surface area contributed by atoms with E-state index in [2.05, 4.69) is 15.6 Å². The minimum Gasteiger partial charge on any atom is -0.457 e. The van der Waals surface area contributed by atoms with Crippen molar-refractivity contribution in [2.75, 3.05) is 12.0 Å². The molecule has 9 heteroatoms. The van der Waals surface area contributed by atoms with E-state index in [1.807, 2.05) is 24.4 Å². The lowest BCUT2D eigenvalue weighted by Crippen LogP contribution is -2.40. The molecule has 0 aliphatic carbocycles. The van der Waals surface area contributed by atoms with E-state index in [-0.39, 0.29) is 6.42 Å². The molecule has 3 rings (SSSR count). The molecule has 2 N–H and O–H groups in total. The Morgan fingerprint density at radius 3 is 2.84 bits per heavy atom. The Morgan fingerprint density at radius 1 is 1.42 bits per heavy atom. The fraction of sp³-hybridized carbons (Fsp3) is 0.455. The van der Waals surface area contributed by atoms with E-state index in [1.54, 1.807) is 38.2 Å². The smallest absolute Gasteiger partial charge is 0.407 e. The number of alkyl carbamates (subject to hydrolysis) is 1. The van der Waals surface area contributed by atoms with Gasteiger partial charge in [0.15, 0.2) is 5.58 Å². The Balaban J connectivity index is 1.82. The largest absolute Gasteiger partial charge is 0.457 e. The number of hydrogen-bond acceptors (Lipinski definition) is 6. The molecule has 0 aromatic carbocycles. The summed E-state index contributed by atoms with van der Waals surface area (Å²) in [5, 5.41) is 8.46. The number of fused-ring (bicyclic) bond motifs is 1. The number of thiophene rings is 1. The molecular weight excluding hydrogens is 441 g/mol. The summed E-state index contributed by atoms with van der Waals surface area (Å²) in [6.45, 7) is 7.28. The molecule has 0 aliphatic heterocycles. The molecule has 3 heterocycles. The van der Waals surface area contributed by atoms with Crippen LogP contribution in [0.3, 0.4) is 0 Å². The normalized spacial score (nSPS) is 12.7. The summed E-state index contributed by atoms with van der Waals surface area (Å²) in [5.41, 5.74) is 2.15. The highest BCUT2D eigenvalue weighted by Crippen LogP contribution is 2.33. The molecule has 1 atom stereocenters. The second kappa shape index (κ2) is 9.87. The van der Waals surface area contributed by atoms with Gasteiger partial charge in [-0.1, -0.05) is 17.7 Å². The lowest BCUT2D eigenvalue weighted by Gasteiger charge is -2.23. The van der Waals surface area contributed by atoms with E-state index in [0.717, 1.165) is 11.3 Å². The number of amides is 1. The molecule has 0 spiro atoms. The molecule has 168 valence electrons. The summed E-state index contributed by atoms with van der Waals surface area (Å²) in [6, 6.07) is 5.29. The Labute approximate surface area is 190 Å². The number of aryl methyl sites for hydroxylation is 1. The Morgan fingerprint density at radius 2 is 2.19 bits per heavy atom. The van der Waals surface area contributed by atoms with Gasteiger partial charge in [-0.25, -0.2) is 9.78 Å². The highest BCUT2D eigenvalue weighted by molar-refractivity contribution is 7.09. The molecule has 0 aliphatic rings. The molecule has 0 saturated carbocycles. The number of hydrogen-bond donors (Lipinski definition) is 2. The molecule has 0 saturated heterocycles. The summed E-state index contributed by atoms with van der Waals surface area (Å²) in [4.78, 5) is 17.7. The van der Waals surface area contributed by atoms with Crippen molar-refractivity contribution in [2.45, 2.75) is 58.7 Å². The molecule has 6 nitrogen and oxygen atoms in total. The first-order chi connectivity index (χ1) is 14.7. The standard InChI is InChI=1S/C22H27ClFN3O3S/c1-13-17(10-14(7-8-24)26-21(28)30-22(2,3)4)29-20-16(11-18(23)27-19(13)20)25-12-15-6-5-9-31-15/h5-6,9,11,14H,7-8,10,12H2,1-4H3,(H,25,27)(H,26,28). The van der Waals surface area contributed by atoms with Crippen LogP contribution in [-0.4, -0.2) is 29.4 Å². The summed E-state index contributed by atoms with van der Waals surface area (Å²) < 4.78 is 24.6. The number of alkyl halides is 1. The van der Waals surface area contributed by atoms with Crippen molar-refractivity contribution < 1.29 is 18.3 Å². The van der Waals surface area contributed by atoms with Gasteiger partial charge in [0.25, 0.3) is 0 Å². The first-order valence-corrected chi connectivity index (χ1v) is 11.3. The molecular formula is C22H27ClFN3O3S.